The first-order valence-electron chi connectivity index (χ1n) is 9.19. The summed E-state index contributed by atoms with van der Waals surface area (Å²) in [5.74, 6) is 0.935. The van der Waals surface area contributed by atoms with Crippen LogP contribution in [0.3, 0.4) is 0 Å². The van der Waals surface area contributed by atoms with Gasteiger partial charge in [0.25, 0.3) is 0 Å². The van der Waals surface area contributed by atoms with Crippen LogP contribution in [0.4, 0.5) is 0 Å². The Kier molecular flexibility index (Phi) is 5.18. The molecule has 3 unspecified atom stereocenters. The third-order valence-electron chi connectivity index (χ3n) is 5.22. The molecule has 1 aromatic heterocycles. The lowest BCUT2D eigenvalue weighted by molar-refractivity contribution is 0.159. The van der Waals surface area contributed by atoms with E-state index in [1.165, 1.54) is 0 Å². The van der Waals surface area contributed by atoms with Crippen molar-refractivity contribution in [1.82, 2.24) is 14.4 Å². The number of aliphatic imine (C=N–C) groups is 1. The number of pyridine rings is 1. The third-order valence-corrected chi connectivity index (χ3v) is 5.78. The van der Waals surface area contributed by atoms with Crippen molar-refractivity contribution in [3.8, 4) is 17.6 Å². The summed E-state index contributed by atoms with van der Waals surface area (Å²) in [5.41, 5.74) is 3.26. The predicted octanol–water partition coefficient (Wildman–Crippen LogP) is 3.17. The van der Waals surface area contributed by atoms with Crippen LogP contribution in [0.25, 0.3) is 5.70 Å². The van der Waals surface area contributed by atoms with Crippen LogP contribution in [-0.4, -0.2) is 46.5 Å². The molecule has 0 radical (unpaired) electrons. The number of thiol groups is 1. The second-order valence-corrected chi connectivity index (χ2v) is 7.21. The minimum atomic E-state index is -0.391. The minimum absolute atomic E-state index is 0.108. The molecule has 0 N–H and O–H groups in total. The first-order chi connectivity index (χ1) is 14.1. The third kappa shape index (κ3) is 3.22. The number of ether oxygens (including phenoxy) is 2. The minimum Gasteiger partial charge on any atom is -0.493 e. The van der Waals surface area contributed by atoms with E-state index in [4.69, 9.17) is 14.5 Å². The lowest BCUT2D eigenvalue weighted by Crippen LogP contribution is -2.38. The quantitative estimate of drug-likeness (QED) is 0.785. The summed E-state index contributed by atoms with van der Waals surface area (Å²) in [4.78, 5) is 9.29. The Balaban J connectivity index is 1.87. The van der Waals surface area contributed by atoms with Crippen molar-refractivity contribution < 1.29 is 9.47 Å². The second-order valence-electron chi connectivity index (χ2n) is 6.80. The van der Waals surface area contributed by atoms with E-state index >= 15 is 0 Å². The molecule has 0 aliphatic carbocycles. The zero-order valence-electron chi connectivity index (χ0n) is 16.4. The fraction of sp³-hybridized carbons (Fsp3) is 0.286. The lowest BCUT2D eigenvalue weighted by Gasteiger charge is -2.35. The number of hydrazine groups is 1. The van der Waals surface area contributed by atoms with Gasteiger partial charge in [-0.05, 0) is 43.3 Å². The van der Waals surface area contributed by atoms with E-state index in [9.17, 15) is 5.26 Å². The normalized spacial score (nSPS) is 23.7. The number of hydrogen-bond donors (Lipinski definition) is 1. The molecule has 3 heterocycles. The zero-order valence-corrected chi connectivity index (χ0v) is 17.2. The van der Waals surface area contributed by atoms with E-state index in [0.717, 1.165) is 22.7 Å². The Hall–Kier alpha value is -3.02. The molecule has 3 atom stereocenters. The van der Waals surface area contributed by atoms with Crippen LogP contribution in [0.2, 0.25) is 0 Å². The van der Waals surface area contributed by atoms with Crippen LogP contribution >= 0.6 is 12.8 Å². The van der Waals surface area contributed by atoms with Crippen LogP contribution in [0, 0.1) is 17.2 Å². The number of hydrogen-bond acceptors (Lipinski definition) is 8. The van der Waals surface area contributed by atoms with E-state index in [1.54, 1.807) is 24.8 Å². The summed E-state index contributed by atoms with van der Waals surface area (Å²) in [6.45, 7) is 1.97. The van der Waals surface area contributed by atoms with Gasteiger partial charge in [-0.15, -0.1) is 0 Å². The average Bonchev–Trinajstić information content (AvgIpc) is 3.02. The second kappa shape index (κ2) is 7.78. The van der Waals surface area contributed by atoms with E-state index in [2.05, 4.69) is 23.9 Å². The highest BCUT2D eigenvalue weighted by molar-refractivity contribution is 7.77. The van der Waals surface area contributed by atoms with Crippen LogP contribution in [-0.2, 0) is 0 Å². The Labute approximate surface area is 175 Å². The Bertz CT molecular complexity index is 1020. The Morgan fingerprint density at radius 2 is 1.93 bits per heavy atom. The largest absolute Gasteiger partial charge is 0.493 e. The Morgan fingerprint density at radius 3 is 2.59 bits per heavy atom. The van der Waals surface area contributed by atoms with Crippen LogP contribution < -0.4 is 9.47 Å². The van der Waals surface area contributed by atoms with Crippen molar-refractivity contribution in [2.24, 2.45) is 10.9 Å². The molecule has 0 spiro atoms. The van der Waals surface area contributed by atoms with Crippen LogP contribution in [0.1, 0.15) is 18.2 Å². The van der Waals surface area contributed by atoms with Gasteiger partial charge in [-0.3, -0.25) is 15.0 Å². The average molecular weight is 407 g/mol. The number of nitrogens with zero attached hydrogens (tertiary/aromatic N) is 5. The number of aromatic nitrogens is 1. The van der Waals surface area contributed by atoms with Crippen molar-refractivity contribution in [2.45, 2.75) is 19.1 Å². The fourth-order valence-corrected chi connectivity index (χ4v) is 4.01. The predicted molar refractivity (Wildman–Crippen MR) is 113 cm³/mol. The van der Waals surface area contributed by atoms with Crippen LogP contribution in [0.5, 0.6) is 11.5 Å². The topological polar surface area (TPSA) is 74.0 Å². The maximum Gasteiger partial charge on any atom is 0.161 e. The summed E-state index contributed by atoms with van der Waals surface area (Å²) in [5, 5.41) is 11.7. The van der Waals surface area contributed by atoms with Gasteiger partial charge in [0.05, 0.1) is 43.4 Å². The standard InChI is InChI=1S/C21H21N5O2S/c1-13-15(12-22)21-24-17(16-6-4-5-9-23-16)11-18(25(21)26(13)29)14-7-8-19(27-2)20(10-14)28-3/h4-11,13,15,21,29H,1-3H3. The monoisotopic (exact) mass is 407 g/mol. The van der Waals surface area contributed by atoms with E-state index in [0.29, 0.717) is 11.5 Å². The summed E-state index contributed by atoms with van der Waals surface area (Å²) >= 11 is 4.66. The van der Waals surface area contributed by atoms with Crippen molar-refractivity contribution in [2.75, 3.05) is 14.2 Å². The van der Waals surface area contributed by atoms with Crippen molar-refractivity contribution in [1.29, 1.82) is 5.26 Å². The lowest BCUT2D eigenvalue weighted by atomic mass is 9.99. The zero-order chi connectivity index (χ0) is 20.5. The molecule has 148 valence electrons. The summed E-state index contributed by atoms with van der Waals surface area (Å²) in [6.07, 6.45) is 3.31. The summed E-state index contributed by atoms with van der Waals surface area (Å²) < 4.78 is 12.6. The number of rotatable bonds is 4. The van der Waals surface area contributed by atoms with E-state index < -0.39 is 6.17 Å². The number of allylic oxidation sites excluding steroid dienone is 1. The van der Waals surface area contributed by atoms with Crippen LogP contribution in [0.15, 0.2) is 53.7 Å². The van der Waals surface area contributed by atoms with E-state index in [1.807, 2.05) is 54.4 Å². The highest BCUT2D eigenvalue weighted by atomic mass is 32.1. The highest BCUT2D eigenvalue weighted by Crippen LogP contribution is 2.42. The first kappa shape index (κ1) is 19.3. The van der Waals surface area contributed by atoms with Gasteiger partial charge in [0.1, 0.15) is 5.92 Å². The molecular weight excluding hydrogens is 386 g/mol. The van der Waals surface area contributed by atoms with Gasteiger partial charge >= 0.3 is 0 Å². The maximum atomic E-state index is 9.78. The molecule has 1 fully saturated rings. The molecule has 7 nitrogen and oxygen atoms in total. The molecule has 8 heteroatoms. The van der Waals surface area contributed by atoms with E-state index in [-0.39, 0.29) is 12.0 Å². The molecule has 2 aliphatic rings. The highest BCUT2D eigenvalue weighted by Gasteiger charge is 2.47. The smallest absolute Gasteiger partial charge is 0.161 e. The molecule has 0 amide bonds. The van der Waals surface area contributed by atoms with Gasteiger partial charge in [0.15, 0.2) is 17.7 Å². The number of nitriles is 1. The number of benzene rings is 1. The first-order valence-corrected chi connectivity index (χ1v) is 9.59. The van der Waals surface area contributed by atoms with Gasteiger partial charge in [-0.2, -0.15) is 9.68 Å². The van der Waals surface area contributed by atoms with Crippen molar-refractivity contribution >= 4 is 24.2 Å². The molecule has 2 aliphatic heterocycles. The number of fused-ring (bicyclic) bond motifs is 1. The van der Waals surface area contributed by atoms with Crippen molar-refractivity contribution in [3.05, 3.63) is 59.9 Å². The molecule has 0 bridgehead atoms. The molecule has 2 aromatic rings. The molecule has 0 saturated carbocycles. The van der Waals surface area contributed by atoms with Gasteiger partial charge < -0.3 is 9.47 Å². The summed E-state index contributed by atoms with van der Waals surface area (Å²) in [6, 6.07) is 13.7. The molecular formula is C21H21N5O2S. The Morgan fingerprint density at radius 1 is 1.14 bits per heavy atom. The molecule has 29 heavy (non-hydrogen) atoms. The molecule has 4 rings (SSSR count). The maximum absolute atomic E-state index is 9.78. The van der Waals surface area contributed by atoms with Gasteiger partial charge in [0, 0.05) is 11.8 Å². The van der Waals surface area contributed by atoms with Gasteiger partial charge in [-0.25, -0.2) is 0 Å². The van der Waals surface area contributed by atoms with Gasteiger partial charge in [-0.1, -0.05) is 18.9 Å². The fourth-order valence-electron chi connectivity index (χ4n) is 3.67. The van der Waals surface area contributed by atoms with Crippen molar-refractivity contribution in [3.63, 3.8) is 0 Å². The molecule has 1 saturated heterocycles. The van der Waals surface area contributed by atoms with Gasteiger partial charge in [0.2, 0.25) is 0 Å². The molecule has 1 aromatic carbocycles. The number of methoxy groups -OCH3 is 2. The SMILES string of the molecule is COc1ccc(C2=CC(c3ccccn3)=NC3C(C#N)C(C)N(S)N23)cc1OC. The summed E-state index contributed by atoms with van der Waals surface area (Å²) in [7, 11) is 3.21.